The largest absolute Gasteiger partial charge is 0.483 e. The molecule has 5 nitrogen and oxygen atoms in total. The average Bonchev–Trinajstić information content (AvgIpc) is 2.73. The maximum Gasteiger partial charge on any atom is 0.278 e. The summed E-state index contributed by atoms with van der Waals surface area (Å²) in [5, 5.41) is 0. The fourth-order valence-corrected chi connectivity index (χ4v) is 4.78. The highest BCUT2D eigenvalue weighted by molar-refractivity contribution is 9.10. The number of carbonyl (C=O) groups is 1. The van der Waals surface area contributed by atoms with Crippen molar-refractivity contribution in [3.05, 3.63) is 88.4 Å². The van der Waals surface area contributed by atoms with E-state index in [4.69, 9.17) is 4.74 Å². The number of anilines is 1. The molecule has 0 saturated heterocycles. The number of para-hydroxylation sites is 1. The van der Waals surface area contributed by atoms with Gasteiger partial charge in [-0.2, -0.15) is 4.31 Å². The zero-order chi connectivity index (χ0) is 21.7. The van der Waals surface area contributed by atoms with Crippen LogP contribution in [0.3, 0.4) is 0 Å². The van der Waals surface area contributed by atoms with Gasteiger partial charge in [0.1, 0.15) is 5.75 Å². The highest BCUT2D eigenvalue weighted by atomic mass is 79.9. The molecule has 0 N–H and O–H groups in total. The van der Waals surface area contributed by atoms with E-state index in [1.165, 1.54) is 12.1 Å². The number of halogens is 1. The van der Waals surface area contributed by atoms with Gasteiger partial charge in [0.15, 0.2) is 6.61 Å². The summed E-state index contributed by atoms with van der Waals surface area (Å²) in [7, 11) is -4.10. The minimum Gasteiger partial charge on any atom is -0.483 e. The van der Waals surface area contributed by atoms with Gasteiger partial charge >= 0.3 is 0 Å². The average molecular weight is 488 g/mol. The fourth-order valence-electron chi connectivity index (χ4n) is 2.96. The third-order valence-electron chi connectivity index (χ3n) is 4.53. The van der Waals surface area contributed by atoms with Crippen LogP contribution in [0.15, 0.2) is 82.2 Å². The Kier molecular flexibility index (Phi) is 6.95. The molecule has 0 aliphatic rings. The van der Waals surface area contributed by atoms with Gasteiger partial charge < -0.3 is 4.74 Å². The molecular weight excluding hydrogens is 466 g/mol. The number of hydrogen-bond acceptors (Lipinski definition) is 4. The normalized spacial score (nSPS) is 11.2. The van der Waals surface area contributed by atoms with Gasteiger partial charge in [-0.3, -0.25) is 4.79 Å². The first-order chi connectivity index (χ1) is 14.3. The van der Waals surface area contributed by atoms with Gasteiger partial charge in [0, 0.05) is 4.47 Å². The number of nitrogens with zero attached hydrogens (tertiary/aromatic N) is 1. The zero-order valence-electron chi connectivity index (χ0n) is 16.7. The Hall–Kier alpha value is -2.64. The van der Waals surface area contributed by atoms with E-state index >= 15 is 0 Å². The molecule has 0 unspecified atom stereocenters. The van der Waals surface area contributed by atoms with Crippen LogP contribution in [-0.2, 0) is 21.2 Å². The minimum atomic E-state index is -4.10. The minimum absolute atomic E-state index is 0.0446. The van der Waals surface area contributed by atoms with Crippen molar-refractivity contribution in [1.82, 2.24) is 0 Å². The van der Waals surface area contributed by atoms with Crippen molar-refractivity contribution in [2.24, 2.45) is 0 Å². The van der Waals surface area contributed by atoms with E-state index in [9.17, 15) is 13.2 Å². The van der Waals surface area contributed by atoms with Crippen molar-refractivity contribution >= 4 is 37.5 Å². The molecular formula is C23H22BrNO4S. The van der Waals surface area contributed by atoms with Crippen LogP contribution in [0.1, 0.15) is 18.1 Å². The summed E-state index contributed by atoms with van der Waals surface area (Å²) in [6.45, 7) is 3.44. The summed E-state index contributed by atoms with van der Waals surface area (Å²) in [5.74, 6) is -0.124. The van der Waals surface area contributed by atoms with Crippen LogP contribution in [0.2, 0.25) is 0 Å². The number of hydrogen-bond donors (Lipinski definition) is 0. The number of carbonyl (C=O) groups excluding carboxylic acids is 1. The fraction of sp³-hybridized carbons (Fsp3) is 0.174. The number of rotatable bonds is 7. The summed E-state index contributed by atoms with van der Waals surface area (Å²) in [6.07, 6.45) is 0.715. The van der Waals surface area contributed by atoms with Gasteiger partial charge in [0.05, 0.1) is 10.6 Å². The lowest BCUT2D eigenvalue weighted by molar-refractivity contribution is -0.119. The molecule has 3 rings (SSSR count). The molecule has 0 aliphatic carbocycles. The third kappa shape index (κ3) is 4.91. The van der Waals surface area contributed by atoms with Gasteiger partial charge in [-0.15, -0.1) is 0 Å². The first-order valence-corrected chi connectivity index (χ1v) is 11.7. The molecule has 3 aromatic rings. The molecule has 156 valence electrons. The SMILES string of the molecule is CCc1cc(Br)ccc1OCC(=O)N(c1ccccc1)S(=O)(=O)c1ccc(C)cc1. The van der Waals surface area contributed by atoms with Crippen molar-refractivity contribution in [2.75, 3.05) is 10.9 Å². The molecule has 0 spiro atoms. The van der Waals surface area contributed by atoms with Crippen LogP contribution in [0.4, 0.5) is 5.69 Å². The van der Waals surface area contributed by atoms with E-state index in [0.717, 1.165) is 19.9 Å². The number of ether oxygens (including phenoxy) is 1. The second-order valence-electron chi connectivity index (χ2n) is 6.71. The highest BCUT2D eigenvalue weighted by Gasteiger charge is 2.31. The Morgan fingerprint density at radius 2 is 1.67 bits per heavy atom. The summed E-state index contributed by atoms with van der Waals surface area (Å²) in [5.41, 5.74) is 2.11. The molecule has 0 atom stereocenters. The zero-order valence-corrected chi connectivity index (χ0v) is 19.1. The van der Waals surface area contributed by atoms with Crippen LogP contribution in [0.5, 0.6) is 5.75 Å². The quantitative estimate of drug-likeness (QED) is 0.463. The van der Waals surface area contributed by atoms with Gasteiger partial charge in [-0.05, 0) is 61.4 Å². The van der Waals surface area contributed by atoms with E-state index in [2.05, 4.69) is 15.9 Å². The summed E-state index contributed by atoms with van der Waals surface area (Å²) >= 11 is 3.42. The van der Waals surface area contributed by atoms with Crippen LogP contribution in [0.25, 0.3) is 0 Å². The van der Waals surface area contributed by atoms with Gasteiger partial charge in [-0.1, -0.05) is 58.7 Å². The van der Waals surface area contributed by atoms with E-state index in [0.29, 0.717) is 12.2 Å². The summed E-state index contributed by atoms with van der Waals surface area (Å²) < 4.78 is 34.1. The van der Waals surface area contributed by atoms with Crippen LogP contribution >= 0.6 is 15.9 Å². The lowest BCUT2D eigenvalue weighted by Crippen LogP contribution is -2.40. The van der Waals surface area contributed by atoms with Gasteiger partial charge in [-0.25, -0.2) is 8.42 Å². The number of amides is 1. The molecule has 30 heavy (non-hydrogen) atoms. The van der Waals surface area contributed by atoms with Gasteiger partial charge in [0.2, 0.25) is 0 Å². The molecule has 1 amide bonds. The second kappa shape index (κ2) is 9.45. The molecule has 0 aromatic heterocycles. The number of sulfonamides is 1. The Morgan fingerprint density at radius 1 is 1.00 bits per heavy atom. The smallest absolute Gasteiger partial charge is 0.278 e. The monoisotopic (exact) mass is 487 g/mol. The molecule has 0 heterocycles. The molecule has 3 aromatic carbocycles. The summed E-state index contributed by atoms with van der Waals surface area (Å²) in [6, 6.07) is 20.2. The van der Waals surface area contributed by atoms with Crippen molar-refractivity contribution < 1.29 is 17.9 Å². The predicted octanol–water partition coefficient (Wildman–Crippen LogP) is 5.12. The van der Waals surface area contributed by atoms with E-state index in [1.54, 1.807) is 48.5 Å². The Labute approximate surface area is 185 Å². The Balaban J connectivity index is 1.93. The standard InChI is InChI=1S/C23H22BrNO4S/c1-3-18-15-19(24)11-14-22(18)29-16-23(26)25(20-7-5-4-6-8-20)30(27,28)21-12-9-17(2)10-13-21/h4-15H,3,16H2,1-2H3. The Morgan fingerprint density at radius 3 is 2.30 bits per heavy atom. The first kappa shape index (κ1) is 22.1. The lowest BCUT2D eigenvalue weighted by atomic mass is 10.1. The maximum atomic E-state index is 13.3. The number of benzene rings is 3. The molecule has 0 fully saturated rings. The Bertz CT molecular complexity index is 1130. The topological polar surface area (TPSA) is 63.7 Å². The lowest BCUT2D eigenvalue weighted by Gasteiger charge is -2.23. The van der Waals surface area contributed by atoms with Crippen LogP contribution in [-0.4, -0.2) is 20.9 Å². The highest BCUT2D eigenvalue weighted by Crippen LogP contribution is 2.26. The van der Waals surface area contributed by atoms with E-state index in [1.807, 2.05) is 26.0 Å². The predicted molar refractivity (Wildman–Crippen MR) is 121 cm³/mol. The van der Waals surface area contributed by atoms with E-state index < -0.39 is 22.5 Å². The van der Waals surface area contributed by atoms with Crippen molar-refractivity contribution in [1.29, 1.82) is 0 Å². The van der Waals surface area contributed by atoms with Crippen LogP contribution < -0.4 is 9.04 Å². The molecule has 0 aliphatic heterocycles. The third-order valence-corrected chi connectivity index (χ3v) is 6.79. The first-order valence-electron chi connectivity index (χ1n) is 9.44. The van der Waals surface area contributed by atoms with Crippen molar-refractivity contribution in [2.45, 2.75) is 25.2 Å². The second-order valence-corrected chi connectivity index (χ2v) is 9.41. The van der Waals surface area contributed by atoms with Crippen LogP contribution in [0, 0.1) is 6.92 Å². The maximum absolute atomic E-state index is 13.3. The van der Waals surface area contributed by atoms with Gasteiger partial charge in [0.25, 0.3) is 15.9 Å². The van der Waals surface area contributed by atoms with Crippen molar-refractivity contribution in [3.63, 3.8) is 0 Å². The molecule has 7 heteroatoms. The molecule has 0 saturated carbocycles. The molecule has 0 radical (unpaired) electrons. The van der Waals surface area contributed by atoms with Crippen molar-refractivity contribution in [3.8, 4) is 5.75 Å². The number of aryl methyl sites for hydroxylation is 2. The van der Waals surface area contributed by atoms with E-state index in [-0.39, 0.29) is 10.6 Å². The molecule has 0 bridgehead atoms. The summed E-state index contributed by atoms with van der Waals surface area (Å²) in [4.78, 5) is 13.1.